The van der Waals surface area contributed by atoms with Gasteiger partial charge >= 0.3 is 0 Å². The molecule has 3 N–H and O–H groups in total. The average Bonchev–Trinajstić information content (AvgIpc) is 2.82. The fourth-order valence-corrected chi connectivity index (χ4v) is 1.98. The zero-order valence-electron chi connectivity index (χ0n) is 11.2. The summed E-state index contributed by atoms with van der Waals surface area (Å²) in [6.45, 7) is 3.88. The lowest BCUT2D eigenvalue weighted by Crippen LogP contribution is -2.41. The van der Waals surface area contributed by atoms with Crippen LogP contribution < -0.4 is 11.1 Å². The summed E-state index contributed by atoms with van der Waals surface area (Å²) in [6.07, 6.45) is 3.44. The molecule has 0 aliphatic rings. The average molecular weight is 261 g/mol. The number of aromatic nitrogens is 3. The smallest absolute Gasteiger partial charge is 0.237 e. The molecule has 2 heterocycles. The number of rotatable bonds is 5. The van der Waals surface area contributed by atoms with Gasteiger partial charge in [-0.2, -0.15) is 0 Å². The van der Waals surface area contributed by atoms with E-state index in [1.54, 1.807) is 0 Å². The highest BCUT2D eigenvalue weighted by molar-refractivity contribution is 5.81. The highest BCUT2D eigenvalue weighted by Crippen LogP contribution is 2.11. The Morgan fingerprint density at radius 3 is 3.00 bits per heavy atom. The van der Waals surface area contributed by atoms with Crippen LogP contribution in [0.1, 0.15) is 38.6 Å². The Bertz CT molecular complexity index is 565. The SMILES string of the molecule is CCC[C@H](N)C(=O)NC(C)c1nnc2ccccn12. The minimum Gasteiger partial charge on any atom is -0.345 e. The summed E-state index contributed by atoms with van der Waals surface area (Å²) in [5.41, 5.74) is 6.55. The number of amides is 1. The third kappa shape index (κ3) is 2.90. The quantitative estimate of drug-likeness (QED) is 0.842. The molecule has 0 bridgehead atoms. The van der Waals surface area contributed by atoms with Gasteiger partial charge in [-0.3, -0.25) is 9.20 Å². The normalized spacial score (nSPS) is 14.3. The molecule has 2 aromatic heterocycles. The zero-order valence-corrected chi connectivity index (χ0v) is 11.2. The molecule has 0 radical (unpaired) electrons. The maximum Gasteiger partial charge on any atom is 0.237 e. The lowest BCUT2D eigenvalue weighted by Gasteiger charge is -2.16. The molecular weight excluding hydrogens is 242 g/mol. The van der Waals surface area contributed by atoms with Crippen LogP contribution in [0.4, 0.5) is 0 Å². The second-order valence-electron chi connectivity index (χ2n) is 4.61. The van der Waals surface area contributed by atoms with Crippen LogP contribution in [0.2, 0.25) is 0 Å². The third-order valence-electron chi connectivity index (χ3n) is 3.02. The molecule has 6 nitrogen and oxygen atoms in total. The predicted molar refractivity (Wildman–Crippen MR) is 72.4 cm³/mol. The lowest BCUT2D eigenvalue weighted by molar-refractivity contribution is -0.123. The number of nitrogens with two attached hydrogens (primary N) is 1. The molecule has 0 aliphatic heterocycles. The highest BCUT2D eigenvalue weighted by Gasteiger charge is 2.19. The van der Waals surface area contributed by atoms with Crippen LogP contribution in [0.25, 0.3) is 5.65 Å². The summed E-state index contributed by atoms with van der Waals surface area (Å²) < 4.78 is 1.86. The molecule has 2 aromatic rings. The van der Waals surface area contributed by atoms with Crippen molar-refractivity contribution in [3.05, 3.63) is 30.2 Å². The van der Waals surface area contributed by atoms with E-state index in [1.807, 2.05) is 42.6 Å². The van der Waals surface area contributed by atoms with Crippen LogP contribution in [0.5, 0.6) is 0 Å². The Balaban J connectivity index is 2.12. The molecule has 0 saturated heterocycles. The summed E-state index contributed by atoms with van der Waals surface area (Å²) in [7, 11) is 0. The molecule has 102 valence electrons. The standard InChI is InChI=1S/C13H19N5O/c1-3-6-10(14)13(19)15-9(2)12-17-16-11-7-4-5-8-18(11)12/h4-5,7-10H,3,6,14H2,1-2H3,(H,15,19)/t9?,10-/m0/s1. The molecular formula is C13H19N5O. The summed E-state index contributed by atoms with van der Waals surface area (Å²) in [6, 6.07) is 4.97. The largest absolute Gasteiger partial charge is 0.345 e. The van der Waals surface area contributed by atoms with E-state index in [-0.39, 0.29) is 11.9 Å². The van der Waals surface area contributed by atoms with E-state index in [1.165, 1.54) is 0 Å². The van der Waals surface area contributed by atoms with Crippen LogP contribution in [-0.2, 0) is 4.79 Å². The van der Waals surface area contributed by atoms with E-state index < -0.39 is 6.04 Å². The van der Waals surface area contributed by atoms with Crippen molar-refractivity contribution in [2.75, 3.05) is 0 Å². The van der Waals surface area contributed by atoms with E-state index in [4.69, 9.17) is 5.73 Å². The van der Waals surface area contributed by atoms with Crippen molar-refractivity contribution < 1.29 is 4.79 Å². The molecule has 6 heteroatoms. The third-order valence-corrected chi connectivity index (χ3v) is 3.02. The summed E-state index contributed by atoms with van der Waals surface area (Å²) >= 11 is 0. The Hall–Kier alpha value is -1.95. The van der Waals surface area contributed by atoms with Crippen molar-refractivity contribution in [1.82, 2.24) is 19.9 Å². The van der Waals surface area contributed by atoms with Gasteiger partial charge in [0.2, 0.25) is 5.91 Å². The lowest BCUT2D eigenvalue weighted by atomic mass is 10.1. The minimum atomic E-state index is -0.466. The Kier molecular flexibility index (Phi) is 4.11. The first-order valence-electron chi connectivity index (χ1n) is 6.49. The fourth-order valence-electron chi connectivity index (χ4n) is 1.98. The molecule has 2 atom stereocenters. The first kappa shape index (κ1) is 13.5. The monoisotopic (exact) mass is 261 g/mol. The topological polar surface area (TPSA) is 85.3 Å². The Labute approximate surface area is 112 Å². The highest BCUT2D eigenvalue weighted by atomic mass is 16.2. The van der Waals surface area contributed by atoms with Gasteiger partial charge in [-0.15, -0.1) is 10.2 Å². The number of carbonyl (C=O) groups excluding carboxylic acids is 1. The number of pyridine rings is 1. The second-order valence-corrected chi connectivity index (χ2v) is 4.61. The van der Waals surface area contributed by atoms with Crippen molar-refractivity contribution >= 4 is 11.6 Å². The molecule has 0 spiro atoms. The fraction of sp³-hybridized carbons (Fsp3) is 0.462. The molecule has 2 rings (SSSR count). The number of nitrogens with one attached hydrogen (secondary N) is 1. The predicted octanol–water partition coefficient (Wildman–Crippen LogP) is 1.03. The van der Waals surface area contributed by atoms with Crippen molar-refractivity contribution in [3.63, 3.8) is 0 Å². The summed E-state index contributed by atoms with van der Waals surface area (Å²) in [4.78, 5) is 11.9. The van der Waals surface area contributed by atoms with Gasteiger partial charge < -0.3 is 11.1 Å². The van der Waals surface area contributed by atoms with E-state index in [0.717, 1.165) is 12.1 Å². The summed E-state index contributed by atoms with van der Waals surface area (Å²) in [5, 5.41) is 11.0. The number of fused-ring (bicyclic) bond motifs is 1. The molecule has 19 heavy (non-hydrogen) atoms. The van der Waals surface area contributed by atoms with E-state index in [2.05, 4.69) is 15.5 Å². The van der Waals surface area contributed by atoms with Crippen LogP contribution in [0.15, 0.2) is 24.4 Å². The number of hydrogen-bond acceptors (Lipinski definition) is 4. The van der Waals surface area contributed by atoms with Gasteiger partial charge in [0, 0.05) is 6.20 Å². The molecule has 1 amide bonds. The van der Waals surface area contributed by atoms with Crippen molar-refractivity contribution in [1.29, 1.82) is 0 Å². The van der Waals surface area contributed by atoms with Crippen LogP contribution in [0.3, 0.4) is 0 Å². The Morgan fingerprint density at radius 2 is 2.26 bits per heavy atom. The van der Waals surface area contributed by atoms with Gasteiger partial charge in [-0.25, -0.2) is 0 Å². The molecule has 0 aliphatic carbocycles. The van der Waals surface area contributed by atoms with Gasteiger partial charge in [0.25, 0.3) is 0 Å². The van der Waals surface area contributed by atoms with Crippen molar-refractivity contribution in [3.8, 4) is 0 Å². The second kappa shape index (κ2) is 5.79. The minimum absolute atomic E-state index is 0.151. The zero-order chi connectivity index (χ0) is 13.8. The van der Waals surface area contributed by atoms with E-state index in [0.29, 0.717) is 12.2 Å². The van der Waals surface area contributed by atoms with Crippen molar-refractivity contribution in [2.45, 2.75) is 38.8 Å². The van der Waals surface area contributed by atoms with E-state index >= 15 is 0 Å². The number of hydrogen-bond donors (Lipinski definition) is 2. The van der Waals surface area contributed by atoms with Gasteiger partial charge in [0.1, 0.15) is 0 Å². The molecule has 1 unspecified atom stereocenters. The number of nitrogens with zero attached hydrogens (tertiary/aromatic N) is 3. The van der Waals surface area contributed by atoms with Crippen molar-refractivity contribution in [2.24, 2.45) is 5.73 Å². The molecule has 0 saturated carbocycles. The number of carbonyl (C=O) groups is 1. The van der Waals surface area contributed by atoms with Gasteiger partial charge in [0.15, 0.2) is 11.5 Å². The maximum atomic E-state index is 11.9. The van der Waals surface area contributed by atoms with Gasteiger partial charge in [0.05, 0.1) is 12.1 Å². The molecule has 0 fully saturated rings. The van der Waals surface area contributed by atoms with Gasteiger partial charge in [-0.1, -0.05) is 19.4 Å². The summed E-state index contributed by atoms with van der Waals surface area (Å²) in [5.74, 6) is 0.551. The van der Waals surface area contributed by atoms with Crippen LogP contribution in [0, 0.1) is 0 Å². The maximum absolute atomic E-state index is 11.9. The first-order chi connectivity index (χ1) is 9.13. The van der Waals surface area contributed by atoms with E-state index in [9.17, 15) is 4.79 Å². The van der Waals surface area contributed by atoms with Crippen LogP contribution >= 0.6 is 0 Å². The molecule has 0 aromatic carbocycles. The van der Waals surface area contributed by atoms with Gasteiger partial charge in [-0.05, 0) is 25.5 Å². The van der Waals surface area contributed by atoms with Crippen LogP contribution in [-0.4, -0.2) is 26.5 Å². The first-order valence-corrected chi connectivity index (χ1v) is 6.49. The Morgan fingerprint density at radius 1 is 1.47 bits per heavy atom.